The van der Waals surface area contributed by atoms with Gasteiger partial charge in [-0.25, -0.2) is 9.59 Å². The summed E-state index contributed by atoms with van der Waals surface area (Å²) in [5.41, 5.74) is 1.59. The van der Waals surface area contributed by atoms with Crippen molar-refractivity contribution in [3.63, 3.8) is 0 Å². The Morgan fingerprint density at radius 1 is 1.12 bits per heavy atom. The maximum absolute atomic E-state index is 12.9. The molecule has 0 radical (unpaired) electrons. The molecule has 1 aliphatic rings. The SMILES string of the molecule is CCOC(=O)C1=C(COc2ccc(C(C)=O)cc2)N(C)C(=O)N[C@H]1c1ccc(Cl)cc1Cl. The third-order valence-corrected chi connectivity index (χ3v) is 5.54. The minimum absolute atomic E-state index is 0.0600. The number of hydrogen-bond acceptors (Lipinski definition) is 5. The van der Waals surface area contributed by atoms with E-state index in [1.807, 2.05) is 0 Å². The van der Waals surface area contributed by atoms with Crippen molar-refractivity contribution in [2.45, 2.75) is 19.9 Å². The van der Waals surface area contributed by atoms with Crippen LogP contribution in [0, 0.1) is 0 Å². The van der Waals surface area contributed by atoms with E-state index in [2.05, 4.69) is 5.32 Å². The minimum atomic E-state index is -0.846. The number of rotatable bonds is 7. The van der Waals surface area contributed by atoms with Crippen LogP contribution in [0.3, 0.4) is 0 Å². The number of amides is 2. The number of nitrogens with one attached hydrogen (secondary N) is 1. The number of carbonyl (C=O) groups is 3. The average Bonchev–Trinajstić information content (AvgIpc) is 2.75. The first-order chi connectivity index (χ1) is 15.2. The Morgan fingerprint density at radius 3 is 2.41 bits per heavy atom. The molecule has 0 saturated carbocycles. The number of urea groups is 1. The van der Waals surface area contributed by atoms with Crippen LogP contribution < -0.4 is 10.1 Å². The molecule has 2 aromatic rings. The van der Waals surface area contributed by atoms with E-state index in [4.69, 9.17) is 32.7 Å². The first-order valence-electron chi connectivity index (χ1n) is 9.86. The van der Waals surface area contributed by atoms with Gasteiger partial charge >= 0.3 is 12.0 Å². The molecule has 7 nitrogen and oxygen atoms in total. The molecule has 0 aromatic heterocycles. The van der Waals surface area contributed by atoms with Gasteiger partial charge in [-0.1, -0.05) is 29.3 Å². The zero-order valence-corrected chi connectivity index (χ0v) is 19.3. The Hall–Kier alpha value is -3.03. The van der Waals surface area contributed by atoms with Crippen molar-refractivity contribution in [2.75, 3.05) is 20.3 Å². The number of halogens is 2. The van der Waals surface area contributed by atoms with Crippen molar-refractivity contribution >= 4 is 41.0 Å². The molecule has 1 heterocycles. The number of nitrogens with zero attached hydrogens (tertiary/aromatic N) is 1. The molecule has 3 rings (SSSR count). The molecular formula is C23H22Cl2N2O5. The van der Waals surface area contributed by atoms with Crippen LogP contribution in [0.2, 0.25) is 10.0 Å². The van der Waals surface area contributed by atoms with Gasteiger partial charge in [-0.15, -0.1) is 0 Å². The predicted octanol–water partition coefficient (Wildman–Crippen LogP) is 4.79. The van der Waals surface area contributed by atoms with Gasteiger partial charge in [0, 0.05) is 22.7 Å². The highest BCUT2D eigenvalue weighted by atomic mass is 35.5. The van der Waals surface area contributed by atoms with Crippen molar-refractivity contribution < 1.29 is 23.9 Å². The predicted molar refractivity (Wildman–Crippen MR) is 121 cm³/mol. The van der Waals surface area contributed by atoms with Crippen LogP contribution in [0.5, 0.6) is 5.75 Å². The Balaban J connectivity index is 2.02. The number of hydrogen-bond donors (Lipinski definition) is 1. The summed E-state index contributed by atoms with van der Waals surface area (Å²) in [6, 6.07) is 10.1. The monoisotopic (exact) mass is 476 g/mol. The zero-order valence-electron chi connectivity index (χ0n) is 17.8. The normalized spacial score (nSPS) is 16.0. The molecule has 0 saturated heterocycles. The molecule has 2 aromatic carbocycles. The number of likely N-dealkylation sites (N-methyl/N-ethyl adjacent to an activating group) is 1. The van der Waals surface area contributed by atoms with Gasteiger partial charge in [0.25, 0.3) is 0 Å². The number of ether oxygens (including phenoxy) is 2. The first-order valence-corrected chi connectivity index (χ1v) is 10.6. The Morgan fingerprint density at radius 2 is 1.81 bits per heavy atom. The second kappa shape index (κ2) is 10.1. The molecular weight excluding hydrogens is 455 g/mol. The van der Waals surface area contributed by atoms with Crippen LogP contribution in [0.15, 0.2) is 53.7 Å². The third kappa shape index (κ3) is 5.06. The van der Waals surface area contributed by atoms with Gasteiger partial charge in [0.2, 0.25) is 0 Å². The summed E-state index contributed by atoms with van der Waals surface area (Å²) in [4.78, 5) is 38.4. The van der Waals surface area contributed by atoms with E-state index in [9.17, 15) is 14.4 Å². The maximum atomic E-state index is 12.9. The number of carbonyl (C=O) groups excluding carboxylic acids is 3. The lowest BCUT2D eigenvalue weighted by atomic mass is 9.94. The lowest BCUT2D eigenvalue weighted by molar-refractivity contribution is -0.139. The van der Waals surface area contributed by atoms with E-state index in [-0.39, 0.29) is 24.6 Å². The topological polar surface area (TPSA) is 84.9 Å². The average molecular weight is 477 g/mol. The number of benzene rings is 2. The molecule has 9 heteroatoms. The highest BCUT2D eigenvalue weighted by Crippen LogP contribution is 2.35. The highest BCUT2D eigenvalue weighted by Gasteiger charge is 2.38. The van der Waals surface area contributed by atoms with Crippen molar-refractivity contribution in [2.24, 2.45) is 0 Å². The van der Waals surface area contributed by atoms with Crippen molar-refractivity contribution in [3.8, 4) is 5.75 Å². The van der Waals surface area contributed by atoms with Gasteiger partial charge in [-0.2, -0.15) is 0 Å². The van der Waals surface area contributed by atoms with Crippen LogP contribution in [-0.2, 0) is 9.53 Å². The van der Waals surface area contributed by atoms with E-state index < -0.39 is 18.0 Å². The molecule has 0 fully saturated rings. The summed E-state index contributed by atoms with van der Waals surface area (Å²) >= 11 is 12.4. The standard InChI is InChI=1S/C23H22Cl2N2O5/c1-4-31-22(29)20-19(12-32-16-8-5-14(6-9-16)13(2)28)27(3)23(30)26-21(20)17-10-7-15(24)11-18(17)25/h5-11,21H,4,12H2,1-3H3,(H,26,30)/t21-/m0/s1. The minimum Gasteiger partial charge on any atom is -0.487 e. The smallest absolute Gasteiger partial charge is 0.338 e. The van der Waals surface area contributed by atoms with Gasteiger partial charge in [0.1, 0.15) is 12.4 Å². The van der Waals surface area contributed by atoms with Crippen molar-refractivity contribution in [1.29, 1.82) is 0 Å². The highest BCUT2D eigenvalue weighted by molar-refractivity contribution is 6.35. The Bertz CT molecular complexity index is 1080. The van der Waals surface area contributed by atoms with E-state index in [1.54, 1.807) is 49.4 Å². The number of Topliss-reactive ketones (excluding diaryl/α,β-unsaturated/α-hetero) is 1. The molecule has 0 bridgehead atoms. The lowest BCUT2D eigenvalue weighted by Gasteiger charge is -2.34. The number of ketones is 1. The van der Waals surface area contributed by atoms with Crippen molar-refractivity contribution in [3.05, 3.63) is 74.9 Å². The quantitative estimate of drug-likeness (QED) is 0.458. The molecule has 2 amide bonds. The summed E-state index contributed by atoms with van der Waals surface area (Å²) in [6.07, 6.45) is 0. The summed E-state index contributed by atoms with van der Waals surface area (Å²) < 4.78 is 11.1. The fourth-order valence-corrected chi connectivity index (χ4v) is 3.81. The summed E-state index contributed by atoms with van der Waals surface area (Å²) in [5.74, 6) is -0.178. The van der Waals surface area contributed by atoms with Gasteiger partial charge < -0.3 is 14.8 Å². The molecule has 1 aliphatic heterocycles. The Kier molecular flexibility index (Phi) is 7.43. The third-order valence-electron chi connectivity index (χ3n) is 4.98. The largest absolute Gasteiger partial charge is 0.487 e. The molecule has 0 aliphatic carbocycles. The van der Waals surface area contributed by atoms with E-state index in [0.29, 0.717) is 32.6 Å². The van der Waals surface area contributed by atoms with Gasteiger partial charge in [-0.3, -0.25) is 9.69 Å². The van der Waals surface area contributed by atoms with Gasteiger partial charge in [-0.05, 0) is 55.8 Å². The zero-order chi connectivity index (χ0) is 23.4. The van der Waals surface area contributed by atoms with Gasteiger partial charge in [0.05, 0.1) is 23.9 Å². The first kappa shape index (κ1) is 23.6. The number of esters is 1. The van der Waals surface area contributed by atoms with Crippen LogP contribution in [0.1, 0.15) is 35.8 Å². The lowest BCUT2D eigenvalue weighted by Crippen LogP contribution is -2.48. The van der Waals surface area contributed by atoms with E-state index in [1.165, 1.54) is 18.9 Å². The molecule has 1 N–H and O–H groups in total. The second-order valence-corrected chi connectivity index (χ2v) is 7.90. The van der Waals surface area contributed by atoms with Gasteiger partial charge in [0.15, 0.2) is 5.78 Å². The van der Waals surface area contributed by atoms with Crippen molar-refractivity contribution in [1.82, 2.24) is 10.2 Å². The Labute approximate surface area is 195 Å². The molecule has 32 heavy (non-hydrogen) atoms. The molecule has 168 valence electrons. The molecule has 0 unspecified atom stereocenters. The fraction of sp³-hybridized carbons (Fsp3) is 0.261. The van der Waals surface area contributed by atoms with E-state index >= 15 is 0 Å². The summed E-state index contributed by atoms with van der Waals surface area (Å²) in [5, 5.41) is 3.52. The molecule has 1 atom stereocenters. The van der Waals surface area contributed by atoms with E-state index in [0.717, 1.165) is 0 Å². The second-order valence-electron chi connectivity index (χ2n) is 7.06. The van der Waals surface area contributed by atoms with Crippen LogP contribution in [0.25, 0.3) is 0 Å². The summed E-state index contributed by atoms with van der Waals surface area (Å²) in [6.45, 7) is 3.24. The van der Waals surface area contributed by atoms with Crippen LogP contribution in [0.4, 0.5) is 4.79 Å². The van der Waals surface area contributed by atoms with Crippen LogP contribution >= 0.6 is 23.2 Å². The fourth-order valence-electron chi connectivity index (χ4n) is 3.29. The molecule has 0 spiro atoms. The maximum Gasteiger partial charge on any atom is 0.338 e. The summed E-state index contributed by atoms with van der Waals surface area (Å²) in [7, 11) is 1.53. The van der Waals surface area contributed by atoms with Crippen LogP contribution in [-0.4, -0.2) is 42.9 Å².